The smallest absolute Gasteiger partial charge is 0.262 e. The van der Waals surface area contributed by atoms with Gasteiger partial charge in [0.1, 0.15) is 11.8 Å². The summed E-state index contributed by atoms with van der Waals surface area (Å²) in [6.07, 6.45) is 1.98. The predicted molar refractivity (Wildman–Crippen MR) is 121 cm³/mol. The van der Waals surface area contributed by atoms with Crippen molar-refractivity contribution < 1.29 is 28.0 Å². The maximum Gasteiger partial charge on any atom is 0.262 e. The molecule has 2 atom stereocenters. The number of hydrogen-bond acceptors (Lipinski definition) is 6. The molecule has 0 bridgehead atoms. The molecular formula is C23H29N3O6S. The number of ether oxygens (including phenoxy) is 1. The Balaban J connectivity index is 1.83. The fourth-order valence-electron chi connectivity index (χ4n) is 4.04. The molecule has 33 heavy (non-hydrogen) atoms. The Morgan fingerprint density at radius 2 is 1.76 bits per heavy atom. The van der Waals surface area contributed by atoms with Crippen molar-refractivity contribution in [3.63, 3.8) is 0 Å². The van der Waals surface area contributed by atoms with Crippen molar-refractivity contribution in [2.45, 2.75) is 36.6 Å². The summed E-state index contributed by atoms with van der Waals surface area (Å²) in [5.41, 5.74) is 2.60. The highest BCUT2D eigenvalue weighted by Gasteiger charge is 2.44. The molecule has 2 amide bonds. The van der Waals surface area contributed by atoms with E-state index < -0.39 is 33.8 Å². The van der Waals surface area contributed by atoms with Gasteiger partial charge in [-0.1, -0.05) is 36.8 Å². The van der Waals surface area contributed by atoms with Gasteiger partial charge >= 0.3 is 0 Å². The van der Waals surface area contributed by atoms with Gasteiger partial charge in [-0.05, 0) is 49.1 Å². The molecule has 1 aliphatic rings. The average molecular weight is 476 g/mol. The van der Waals surface area contributed by atoms with Crippen LogP contribution >= 0.6 is 0 Å². The molecule has 0 radical (unpaired) electrons. The fourth-order valence-corrected chi connectivity index (χ4v) is 5.70. The molecule has 9 nitrogen and oxygen atoms in total. The third-order valence-corrected chi connectivity index (χ3v) is 7.67. The Hall–Kier alpha value is -2.95. The second-order valence-electron chi connectivity index (χ2n) is 7.84. The molecule has 1 heterocycles. The minimum absolute atomic E-state index is 0.0239. The molecule has 1 saturated heterocycles. The summed E-state index contributed by atoms with van der Waals surface area (Å²) >= 11 is 0. The fraction of sp³-hybridized carbons (Fsp3) is 0.391. The van der Waals surface area contributed by atoms with Gasteiger partial charge in [0.25, 0.3) is 5.91 Å². The number of benzene rings is 2. The molecule has 2 aromatic carbocycles. The van der Waals surface area contributed by atoms with Crippen molar-refractivity contribution in [2.75, 3.05) is 20.2 Å². The first-order valence-electron chi connectivity index (χ1n) is 10.8. The third kappa shape index (κ3) is 5.89. The lowest BCUT2D eigenvalue weighted by Gasteiger charge is -2.31. The number of hydroxylamine groups is 1. The largest absolute Gasteiger partial charge is 0.497 e. The SMILES string of the molecule is COc1ccc(S(=O)(=O)N2CCCCC(C(=O)NCCc3ccccc3)C2C(=O)NO)cc1. The van der Waals surface area contributed by atoms with E-state index in [4.69, 9.17) is 4.74 Å². The highest BCUT2D eigenvalue weighted by atomic mass is 32.2. The maximum absolute atomic E-state index is 13.4. The van der Waals surface area contributed by atoms with Gasteiger partial charge in [0.2, 0.25) is 15.9 Å². The number of amides is 2. The number of rotatable bonds is 8. The first-order valence-corrected chi connectivity index (χ1v) is 12.2. The molecule has 1 fully saturated rings. The van der Waals surface area contributed by atoms with Crippen molar-refractivity contribution in [3.05, 3.63) is 60.2 Å². The van der Waals surface area contributed by atoms with Crippen LogP contribution in [0, 0.1) is 5.92 Å². The lowest BCUT2D eigenvalue weighted by Crippen LogP contribution is -2.55. The zero-order valence-electron chi connectivity index (χ0n) is 18.4. The van der Waals surface area contributed by atoms with Gasteiger partial charge in [-0.2, -0.15) is 4.31 Å². The van der Waals surface area contributed by atoms with Crippen molar-refractivity contribution >= 4 is 21.8 Å². The van der Waals surface area contributed by atoms with E-state index in [1.165, 1.54) is 31.4 Å². The van der Waals surface area contributed by atoms with Crippen LogP contribution in [0.25, 0.3) is 0 Å². The minimum Gasteiger partial charge on any atom is -0.497 e. The second kappa shape index (κ2) is 11.3. The first-order chi connectivity index (χ1) is 15.9. The molecule has 10 heteroatoms. The lowest BCUT2D eigenvalue weighted by atomic mass is 9.93. The summed E-state index contributed by atoms with van der Waals surface area (Å²) in [7, 11) is -2.65. The number of nitrogens with zero attached hydrogens (tertiary/aromatic N) is 1. The summed E-state index contributed by atoms with van der Waals surface area (Å²) in [6, 6.07) is 14.1. The Labute approximate surface area is 193 Å². The topological polar surface area (TPSA) is 125 Å². The molecule has 3 rings (SSSR count). The molecule has 0 aliphatic carbocycles. The summed E-state index contributed by atoms with van der Waals surface area (Å²) < 4.78 is 33.0. The van der Waals surface area contributed by atoms with E-state index in [0.717, 1.165) is 9.87 Å². The molecular weight excluding hydrogens is 446 g/mol. The van der Waals surface area contributed by atoms with Crippen LogP contribution in [0.15, 0.2) is 59.5 Å². The van der Waals surface area contributed by atoms with Crippen molar-refractivity contribution in [3.8, 4) is 5.75 Å². The Morgan fingerprint density at radius 1 is 1.06 bits per heavy atom. The summed E-state index contributed by atoms with van der Waals surface area (Å²) in [5, 5.41) is 12.2. The molecule has 3 N–H and O–H groups in total. The van der Waals surface area contributed by atoms with Crippen LogP contribution in [-0.4, -0.2) is 56.0 Å². The molecule has 1 aliphatic heterocycles. The highest BCUT2D eigenvalue weighted by Crippen LogP contribution is 2.30. The van der Waals surface area contributed by atoms with Gasteiger partial charge < -0.3 is 10.1 Å². The van der Waals surface area contributed by atoms with E-state index in [1.807, 2.05) is 30.3 Å². The predicted octanol–water partition coefficient (Wildman–Crippen LogP) is 1.72. The van der Waals surface area contributed by atoms with E-state index in [1.54, 1.807) is 5.48 Å². The Morgan fingerprint density at radius 3 is 2.39 bits per heavy atom. The van der Waals surface area contributed by atoms with E-state index >= 15 is 0 Å². The highest BCUT2D eigenvalue weighted by molar-refractivity contribution is 7.89. The number of nitrogens with one attached hydrogen (secondary N) is 2. The van der Waals surface area contributed by atoms with Gasteiger partial charge in [0.15, 0.2) is 0 Å². The van der Waals surface area contributed by atoms with E-state index in [9.17, 15) is 23.2 Å². The minimum atomic E-state index is -4.12. The summed E-state index contributed by atoms with van der Waals surface area (Å²) in [6.45, 7) is 0.401. The third-order valence-electron chi connectivity index (χ3n) is 5.77. The number of sulfonamides is 1. The van der Waals surface area contributed by atoms with Crippen LogP contribution in [0.4, 0.5) is 0 Å². The second-order valence-corrected chi connectivity index (χ2v) is 9.73. The first kappa shape index (κ1) is 24.7. The average Bonchev–Trinajstić information content (AvgIpc) is 3.08. The molecule has 0 saturated carbocycles. The van der Waals surface area contributed by atoms with Crippen LogP contribution < -0.4 is 15.5 Å². The number of carbonyl (C=O) groups is 2. The number of methoxy groups -OCH3 is 1. The van der Waals surface area contributed by atoms with Gasteiger partial charge in [0, 0.05) is 13.1 Å². The van der Waals surface area contributed by atoms with E-state index in [0.29, 0.717) is 38.0 Å². The van der Waals surface area contributed by atoms with Gasteiger partial charge in [-0.25, -0.2) is 13.9 Å². The summed E-state index contributed by atoms with van der Waals surface area (Å²) in [4.78, 5) is 25.7. The normalized spacial score (nSPS) is 19.3. The van der Waals surface area contributed by atoms with E-state index in [2.05, 4.69) is 5.32 Å². The van der Waals surface area contributed by atoms with Crippen molar-refractivity contribution in [1.29, 1.82) is 0 Å². The maximum atomic E-state index is 13.4. The van der Waals surface area contributed by atoms with Gasteiger partial charge in [-0.3, -0.25) is 14.8 Å². The molecule has 0 aromatic heterocycles. The number of hydrogen-bond donors (Lipinski definition) is 3. The standard InChI is InChI=1S/C23H29N3O6S/c1-32-18-10-12-19(13-11-18)33(30,31)26-16-6-5-9-20(21(26)23(28)25-29)22(27)24-15-14-17-7-3-2-4-8-17/h2-4,7-8,10-13,20-21,29H,5-6,9,14-16H2,1H3,(H,24,27)(H,25,28). The van der Waals surface area contributed by atoms with Crippen LogP contribution in [0.3, 0.4) is 0 Å². The molecule has 178 valence electrons. The molecule has 0 spiro atoms. The van der Waals surface area contributed by atoms with Gasteiger partial charge in [0.05, 0.1) is 17.9 Å². The van der Waals surface area contributed by atoms with Crippen molar-refractivity contribution in [1.82, 2.24) is 15.1 Å². The zero-order chi connectivity index (χ0) is 23.8. The monoisotopic (exact) mass is 475 g/mol. The van der Waals surface area contributed by atoms with Crippen LogP contribution in [0.1, 0.15) is 24.8 Å². The summed E-state index contributed by atoms with van der Waals surface area (Å²) in [5.74, 6) is -1.80. The van der Waals surface area contributed by atoms with Crippen LogP contribution in [-0.2, 0) is 26.0 Å². The van der Waals surface area contributed by atoms with Crippen LogP contribution in [0.5, 0.6) is 5.75 Å². The quantitative estimate of drug-likeness (QED) is 0.394. The molecule has 2 unspecified atom stereocenters. The lowest BCUT2D eigenvalue weighted by molar-refractivity contribution is -0.139. The molecule has 2 aromatic rings. The van der Waals surface area contributed by atoms with Crippen LogP contribution in [0.2, 0.25) is 0 Å². The zero-order valence-corrected chi connectivity index (χ0v) is 19.3. The number of carbonyl (C=O) groups excluding carboxylic acids is 2. The Bertz CT molecular complexity index is 1040. The Kier molecular flexibility index (Phi) is 8.43. The van der Waals surface area contributed by atoms with Crippen molar-refractivity contribution in [2.24, 2.45) is 5.92 Å². The van der Waals surface area contributed by atoms with E-state index in [-0.39, 0.29) is 11.4 Å². The van der Waals surface area contributed by atoms with Gasteiger partial charge in [-0.15, -0.1) is 0 Å².